The number of benzene rings is 2. The molecule has 0 spiro atoms. The van der Waals surface area contributed by atoms with Crippen LogP contribution in [-0.4, -0.2) is 0 Å². The summed E-state index contributed by atoms with van der Waals surface area (Å²) in [6.45, 7) is 5.35. The maximum Gasteiger partial charge on any atom is 0.0323 e. The molecule has 1 unspecified atom stereocenters. The van der Waals surface area contributed by atoms with E-state index in [0.29, 0.717) is 6.04 Å². The van der Waals surface area contributed by atoms with Crippen LogP contribution in [0.3, 0.4) is 0 Å². The first-order valence-electron chi connectivity index (χ1n) is 7.14. The molecule has 0 saturated carbocycles. The van der Waals surface area contributed by atoms with Crippen LogP contribution in [0.2, 0.25) is 0 Å². The lowest BCUT2D eigenvalue weighted by Gasteiger charge is -2.19. The molecule has 2 aromatic carbocycles. The lowest BCUT2D eigenvalue weighted by Crippen LogP contribution is -2.21. The van der Waals surface area contributed by atoms with Crippen molar-refractivity contribution in [2.45, 2.75) is 39.3 Å². The molecule has 1 heteroatoms. The van der Waals surface area contributed by atoms with E-state index in [9.17, 15) is 0 Å². The Morgan fingerprint density at radius 1 is 0.947 bits per heavy atom. The van der Waals surface area contributed by atoms with Crippen molar-refractivity contribution in [3.05, 3.63) is 71.3 Å². The fourth-order valence-electron chi connectivity index (χ4n) is 2.40. The van der Waals surface area contributed by atoms with E-state index in [1.807, 2.05) is 0 Å². The summed E-state index contributed by atoms with van der Waals surface area (Å²) in [6.07, 6.45) is 2.37. The third kappa shape index (κ3) is 3.93. The molecule has 1 atom stereocenters. The first kappa shape index (κ1) is 13.8. The quantitative estimate of drug-likeness (QED) is 0.791. The van der Waals surface area contributed by atoms with Crippen molar-refractivity contribution in [2.24, 2.45) is 0 Å². The highest BCUT2D eigenvalue weighted by Crippen LogP contribution is 2.19. The van der Waals surface area contributed by atoms with E-state index in [4.69, 9.17) is 0 Å². The summed E-state index contributed by atoms with van der Waals surface area (Å²) in [7, 11) is 0. The molecule has 0 aromatic heterocycles. The van der Waals surface area contributed by atoms with Crippen molar-refractivity contribution >= 4 is 0 Å². The Morgan fingerprint density at radius 2 is 1.63 bits per heavy atom. The van der Waals surface area contributed by atoms with Gasteiger partial charge in [0.15, 0.2) is 0 Å². The van der Waals surface area contributed by atoms with E-state index >= 15 is 0 Å². The van der Waals surface area contributed by atoms with Gasteiger partial charge in [0, 0.05) is 12.6 Å². The van der Waals surface area contributed by atoms with E-state index in [2.05, 4.69) is 73.8 Å². The number of rotatable bonds is 6. The van der Waals surface area contributed by atoms with Crippen molar-refractivity contribution < 1.29 is 0 Å². The summed E-state index contributed by atoms with van der Waals surface area (Å²) >= 11 is 0. The Hall–Kier alpha value is -1.60. The van der Waals surface area contributed by atoms with Crippen LogP contribution in [0.1, 0.15) is 42.5 Å². The van der Waals surface area contributed by atoms with Crippen molar-refractivity contribution in [3.8, 4) is 0 Å². The van der Waals surface area contributed by atoms with Crippen LogP contribution < -0.4 is 5.32 Å². The lowest BCUT2D eigenvalue weighted by atomic mass is 10.0. The van der Waals surface area contributed by atoms with E-state index < -0.39 is 0 Å². The van der Waals surface area contributed by atoms with Gasteiger partial charge in [0.2, 0.25) is 0 Å². The molecule has 0 aliphatic carbocycles. The highest BCUT2D eigenvalue weighted by Gasteiger charge is 2.09. The number of hydrogen-bond acceptors (Lipinski definition) is 1. The second kappa shape index (κ2) is 7.10. The van der Waals surface area contributed by atoms with Gasteiger partial charge < -0.3 is 5.32 Å². The normalized spacial score (nSPS) is 12.3. The zero-order valence-electron chi connectivity index (χ0n) is 11.9. The Morgan fingerprint density at radius 3 is 2.32 bits per heavy atom. The van der Waals surface area contributed by atoms with E-state index in [1.165, 1.54) is 29.5 Å². The number of hydrogen-bond donors (Lipinski definition) is 1. The number of nitrogens with one attached hydrogen (secondary N) is 1. The smallest absolute Gasteiger partial charge is 0.0323 e. The molecule has 1 nitrogen and oxygen atoms in total. The minimum absolute atomic E-state index is 0.450. The summed E-state index contributed by atoms with van der Waals surface area (Å²) in [5, 5.41) is 3.69. The fraction of sp³-hybridized carbons (Fsp3) is 0.333. The second-order valence-electron chi connectivity index (χ2n) is 5.06. The zero-order valence-corrected chi connectivity index (χ0v) is 11.9. The zero-order chi connectivity index (χ0) is 13.5. The van der Waals surface area contributed by atoms with Crippen LogP contribution >= 0.6 is 0 Å². The Kier molecular flexibility index (Phi) is 5.17. The molecule has 1 N–H and O–H groups in total. The standard InChI is InChI=1S/C18H23N/c1-3-9-18(16-11-5-4-6-12-16)19-14-17-13-8-7-10-15(17)2/h4-8,10-13,18-19H,3,9,14H2,1-2H3. The molecule has 19 heavy (non-hydrogen) atoms. The van der Waals surface area contributed by atoms with Gasteiger partial charge in [-0.3, -0.25) is 0 Å². The first-order valence-corrected chi connectivity index (χ1v) is 7.14. The molecule has 0 bridgehead atoms. The van der Waals surface area contributed by atoms with Crippen LogP contribution in [0.5, 0.6) is 0 Å². The largest absolute Gasteiger partial charge is 0.306 e. The molecule has 100 valence electrons. The molecular weight excluding hydrogens is 230 g/mol. The predicted octanol–water partition coefficient (Wildman–Crippen LogP) is 4.63. The van der Waals surface area contributed by atoms with Crippen LogP contribution in [0.25, 0.3) is 0 Å². The van der Waals surface area contributed by atoms with E-state index in [1.54, 1.807) is 0 Å². The van der Waals surface area contributed by atoms with Gasteiger partial charge in [0.25, 0.3) is 0 Å². The van der Waals surface area contributed by atoms with Gasteiger partial charge >= 0.3 is 0 Å². The van der Waals surface area contributed by atoms with E-state index in [0.717, 1.165) is 6.54 Å². The summed E-state index contributed by atoms with van der Waals surface area (Å²) < 4.78 is 0. The molecule has 2 aromatic rings. The third-order valence-electron chi connectivity index (χ3n) is 3.58. The molecular formula is C18H23N. The van der Waals surface area contributed by atoms with Gasteiger partial charge in [0.1, 0.15) is 0 Å². The summed E-state index contributed by atoms with van der Waals surface area (Å²) in [4.78, 5) is 0. The molecule has 0 radical (unpaired) electrons. The average molecular weight is 253 g/mol. The van der Waals surface area contributed by atoms with Gasteiger partial charge in [-0.1, -0.05) is 67.9 Å². The molecule has 0 fully saturated rings. The Labute approximate surface area is 116 Å². The Bertz CT molecular complexity index is 490. The maximum atomic E-state index is 3.69. The summed E-state index contributed by atoms with van der Waals surface area (Å²) in [6, 6.07) is 19.8. The molecule has 0 aliphatic heterocycles. The van der Waals surface area contributed by atoms with Crippen LogP contribution in [-0.2, 0) is 6.54 Å². The van der Waals surface area contributed by atoms with Gasteiger partial charge in [-0.15, -0.1) is 0 Å². The fourth-order valence-corrected chi connectivity index (χ4v) is 2.40. The van der Waals surface area contributed by atoms with Crippen LogP contribution in [0, 0.1) is 6.92 Å². The van der Waals surface area contributed by atoms with Gasteiger partial charge in [-0.05, 0) is 30.0 Å². The molecule has 0 aliphatic rings. The number of aryl methyl sites for hydroxylation is 1. The van der Waals surface area contributed by atoms with Gasteiger partial charge in [0.05, 0.1) is 0 Å². The van der Waals surface area contributed by atoms with Crippen LogP contribution in [0.4, 0.5) is 0 Å². The van der Waals surface area contributed by atoms with Gasteiger partial charge in [-0.2, -0.15) is 0 Å². The monoisotopic (exact) mass is 253 g/mol. The van der Waals surface area contributed by atoms with Gasteiger partial charge in [-0.25, -0.2) is 0 Å². The highest BCUT2D eigenvalue weighted by atomic mass is 14.9. The molecule has 2 rings (SSSR count). The topological polar surface area (TPSA) is 12.0 Å². The van der Waals surface area contributed by atoms with Crippen molar-refractivity contribution in [1.82, 2.24) is 5.32 Å². The second-order valence-corrected chi connectivity index (χ2v) is 5.06. The lowest BCUT2D eigenvalue weighted by molar-refractivity contribution is 0.493. The summed E-state index contributed by atoms with van der Waals surface area (Å²) in [5.74, 6) is 0. The minimum Gasteiger partial charge on any atom is -0.306 e. The van der Waals surface area contributed by atoms with Crippen molar-refractivity contribution in [1.29, 1.82) is 0 Å². The Balaban J connectivity index is 2.04. The van der Waals surface area contributed by atoms with Crippen LogP contribution in [0.15, 0.2) is 54.6 Å². The molecule has 0 saturated heterocycles. The van der Waals surface area contributed by atoms with E-state index in [-0.39, 0.29) is 0 Å². The summed E-state index contributed by atoms with van der Waals surface area (Å²) in [5.41, 5.74) is 4.13. The average Bonchev–Trinajstić information content (AvgIpc) is 2.46. The third-order valence-corrected chi connectivity index (χ3v) is 3.58. The predicted molar refractivity (Wildman–Crippen MR) is 82.1 cm³/mol. The SMILES string of the molecule is CCCC(NCc1ccccc1C)c1ccccc1. The van der Waals surface area contributed by atoms with Crippen molar-refractivity contribution in [2.75, 3.05) is 0 Å². The first-order chi connectivity index (χ1) is 9.31. The molecule has 0 amide bonds. The molecule has 0 heterocycles. The minimum atomic E-state index is 0.450. The maximum absolute atomic E-state index is 3.69. The highest BCUT2D eigenvalue weighted by molar-refractivity contribution is 5.26. The van der Waals surface area contributed by atoms with Crippen molar-refractivity contribution in [3.63, 3.8) is 0 Å².